The number of imide groups is 2. The van der Waals surface area contributed by atoms with E-state index in [1.807, 2.05) is 4.90 Å². The maximum Gasteiger partial charge on any atom is 0.335 e. The van der Waals surface area contributed by atoms with Crippen molar-refractivity contribution in [2.24, 2.45) is 0 Å². The second-order valence-corrected chi connectivity index (χ2v) is 6.35. The van der Waals surface area contributed by atoms with Crippen LogP contribution in [0.3, 0.4) is 0 Å². The highest BCUT2D eigenvalue weighted by Gasteiger charge is 2.42. The molecule has 0 N–H and O–H groups in total. The van der Waals surface area contributed by atoms with E-state index in [9.17, 15) is 14.4 Å². The Hall–Kier alpha value is -2.41. The zero-order chi connectivity index (χ0) is 17.4. The minimum atomic E-state index is -0.756. The first kappa shape index (κ1) is 16.4. The highest BCUT2D eigenvalue weighted by molar-refractivity contribution is 6.44. The molecule has 2 aliphatic rings. The van der Waals surface area contributed by atoms with Gasteiger partial charge in [-0.15, -0.1) is 0 Å². The fourth-order valence-electron chi connectivity index (χ4n) is 3.15. The molecule has 0 unspecified atom stereocenters. The van der Waals surface area contributed by atoms with Gasteiger partial charge in [0.25, 0.3) is 0 Å². The molecule has 24 heavy (non-hydrogen) atoms. The lowest BCUT2D eigenvalue weighted by Crippen LogP contribution is -2.51. The van der Waals surface area contributed by atoms with E-state index in [1.165, 1.54) is 23.9 Å². The summed E-state index contributed by atoms with van der Waals surface area (Å²) in [6, 6.07) is 5.75. The molecular weight excluding hydrogens is 308 g/mol. The summed E-state index contributed by atoms with van der Waals surface area (Å²) in [5, 5.41) is 0. The summed E-state index contributed by atoms with van der Waals surface area (Å²) < 4.78 is 0. The first-order chi connectivity index (χ1) is 11.4. The normalized spacial score (nSPS) is 19.6. The van der Waals surface area contributed by atoms with Gasteiger partial charge in [-0.2, -0.15) is 0 Å². The first-order valence-electron chi connectivity index (χ1n) is 8.07. The highest BCUT2D eigenvalue weighted by atomic mass is 16.2. The number of aryl methyl sites for hydroxylation is 1. The van der Waals surface area contributed by atoms with Gasteiger partial charge in [-0.25, -0.2) is 9.69 Å². The first-order valence-corrected chi connectivity index (χ1v) is 8.07. The summed E-state index contributed by atoms with van der Waals surface area (Å²) in [6.45, 7) is 7.53. The second-order valence-electron chi connectivity index (χ2n) is 6.35. The quantitative estimate of drug-likeness (QED) is 0.606. The van der Waals surface area contributed by atoms with Crippen LogP contribution in [-0.2, 0) is 9.59 Å². The van der Waals surface area contributed by atoms with Gasteiger partial charge in [0.15, 0.2) is 0 Å². The number of hydrogen-bond acceptors (Lipinski definition) is 5. The molecule has 0 atom stereocenters. The maximum absolute atomic E-state index is 11.9. The lowest BCUT2D eigenvalue weighted by atomic mass is 10.1. The van der Waals surface area contributed by atoms with Crippen LogP contribution in [0.4, 0.5) is 10.5 Å². The number of urea groups is 1. The van der Waals surface area contributed by atoms with E-state index in [4.69, 9.17) is 0 Å². The molecule has 0 bridgehead atoms. The van der Waals surface area contributed by atoms with E-state index in [0.717, 1.165) is 36.0 Å². The Balaban J connectivity index is 1.62. The molecule has 1 aromatic carbocycles. The molecule has 0 saturated carbocycles. The molecule has 128 valence electrons. The van der Waals surface area contributed by atoms with E-state index in [1.54, 1.807) is 0 Å². The zero-order valence-electron chi connectivity index (χ0n) is 14.3. The van der Waals surface area contributed by atoms with Gasteiger partial charge in [-0.05, 0) is 31.0 Å². The number of likely N-dealkylation sites (N-methyl/N-ethyl adjacent to an activating group) is 1. The predicted octanol–water partition coefficient (Wildman–Crippen LogP) is 0.804. The Bertz CT molecular complexity index is 695. The number of benzene rings is 1. The Kier molecular flexibility index (Phi) is 4.28. The molecule has 0 aliphatic carbocycles. The van der Waals surface area contributed by atoms with E-state index in [2.05, 4.69) is 36.9 Å². The summed E-state index contributed by atoms with van der Waals surface area (Å²) in [5.74, 6) is -1.49. The lowest BCUT2D eigenvalue weighted by molar-refractivity contribution is -0.143. The summed E-state index contributed by atoms with van der Waals surface area (Å²) in [7, 11) is 1.33. The zero-order valence-corrected chi connectivity index (χ0v) is 14.3. The predicted molar refractivity (Wildman–Crippen MR) is 89.6 cm³/mol. The second kappa shape index (κ2) is 6.24. The van der Waals surface area contributed by atoms with Crippen LogP contribution in [0, 0.1) is 13.8 Å². The average Bonchev–Trinajstić information content (AvgIpc) is 2.76. The third-order valence-corrected chi connectivity index (χ3v) is 4.88. The van der Waals surface area contributed by atoms with Crippen molar-refractivity contribution in [2.75, 3.05) is 44.8 Å². The van der Waals surface area contributed by atoms with Crippen molar-refractivity contribution in [2.45, 2.75) is 13.8 Å². The molecule has 2 heterocycles. The van der Waals surface area contributed by atoms with Crippen LogP contribution in [0.25, 0.3) is 0 Å². The van der Waals surface area contributed by atoms with Crippen molar-refractivity contribution in [3.05, 3.63) is 29.3 Å². The molecule has 7 nitrogen and oxygen atoms in total. The van der Waals surface area contributed by atoms with Gasteiger partial charge in [0.05, 0.1) is 6.67 Å². The van der Waals surface area contributed by atoms with Crippen LogP contribution in [0.1, 0.15) is 11.1 Å². The van der Waals surface area contributed by atoms with E-state index in [0.29, 0.717) is 0 Å². The molecule has 0 radical (unpaired) electrons. The fraction of sp³-hybridized carbons (Fsp3) is 0.471. The van der Waals surface area contributed by atoms with Crippen LogP contribution in [0.2, 0.25) is 0 Å². The number of hydrogen-bond donors (Lipinski definition) is 0. The monoisotopic (exact) mass is 330 g/mol. The smallest absolute Gasteiger partial charge is 0.335 e. The van der Waals surface area contributed by atoms with Crippen LogP contribution in [0.5, 0.6) is 0 Å². The number of carbonyl (C=O) groups is 3. The van der Waals surface area contributed by atoms with Gasteiger partial charge in [-0.1, -0.05) is 12.1 Å². The van der Waals surface area contributed by atoms with Gasteiger partial charge in [-0.3, -0.25) is 19.4 Å². The van der Waals surface area contributed by atoms with E-state index < -0.39 is 17.8 Å². The fourth-order valence-corrected chi connectivity index (χ4v) is 3.15. The largest absolute Gasteiger partial charge is 0.369 e. The molecule has 2 aliphatic heterocycles. The molecule has 3 rings (SSSR count). The van der Waals surface area contributed by atoms with E-state index >= 15 is 0 Å². The molecule has 0 aromatic heterocycles. The number of carbonyl (C=O) groups excluding carboxylic acids is 3. The third kappa shape index (κ3) is 2.75. The number of amides is 4. The molecule has 2 saturated heterocycles. The summed E-state index contributed by atoms with van der Waals surface area (Å²) in [4.78, 5) is 41.6. The lowest BCUT2D eigenvalue weighted by Gasteiger charge is -2.37. The summed E-state index contributed by atoms with van der Waals surface area (Å²) in [6.07, 6.45) is 0. The number of anilines is 1. The van der Waals surface area contributed by atoms with Gasteiger partial charge in [0.2, 0.25) is 0 Å². The third-order valence-electron chi connectivity index (χ3n) is 4.88. The molecular formula is C17H22N4O3. The number of piperazine rings is 1. The van der Waals surface area contributed by atoms with Crippen molar-refractivity contribution in [3.63, 3.8) is 0 Å². The Morgan fingerprint density at radius 3 is 2.21 bits per heavy atom. The van der Waals surface area contributed by atoms with Crippen LogP contribution < -0.4 is 4.90 Å². The van der Waals surface area contributed by atoms with Gasteiger partial charge >= 0.3 is 17.8 Å². The van der Waals surface area contributed by atoms with Crippen LogP contribution >= 0.6 is 0 Å². The van der Waals surface area contributed by atoms with Crippen molar-refractivity contribution in [3.8, 4) is 0 Å². The van der Waals surface area contributed by atoms with Crippen LogP contribution in [0.15, 0.2) is 18.2 Å². The SMILES string of the molecule is Cc1cccc(N2CCN(CN3C(=O)C(=O)N(C)C3=O)CC2)c1C. The molecule has 0 spiro atoms. The number of nitrogens with zero attached hydrogens (tertiary/aromatic N) is 4. The molecule has 2 fully saturated rings. The Morgan fingerprint density at radius 2 is 1.62 bits per heavy atom. The molecule has 1 aromatic rings. The summed E-state index contributed by atoms with van der Waals surface area (Å²) in [5.41, 5.74) is 3.78. The van der Waals surface area contributed by atoms with Crippen molar-refractivity contribution >= 4 is 23.5 Å². The van der Waals surface area contributed by atoms with Gasteiger partial charge in [0.1, 0.15) is 0 Å². The molecule has 4 amide bonds. The Morgan fingerprint density at radius 1 is 0.958 bits per heavy atom. The van der Waals surface area contributed by atoms with Crippen molar-refractivity contribution < 1.29 is 14.4 Å². The minimum absolute atomic E-state index is 0.175. The van der Waals surface area contributed by atoms with E-state index in [-0.39, 0.29) is 6.67 Å². The topological polar surface area (TPSA) is 64.2 Å². The summed E-state index contributed by atoms with van der Waals surface area (Å²) >= 11 is 0. The Labute approximate surface area is 141 Å². The number of rotatable bonds is 3. The van der Waals surface area contributed by atoms with Crippen molar-refractivity contribution in [1.29, 1.82) is 0 Å². The van der Waals surface area contributed by atoms with Crippen molar-refractivity contribution in [1.82, 2.24) is 14.7 Å². The van der Waals surface area contributed by atoms with Gasteiger partial charge in [0, 0.05) is 38.9 Å². The van der Waals surface area contributed by atoms with Crippen LogP contribution in [-0.4, -0.2) is 72.4 Å². The standard InChI is InChI=1S/C17H22N4O3/c1-12-5-4-6-14(13(12)2)20-9-7-19(8-10-20)11-21-16(23)15(22)18(3)17(21)24/h4-6H,7-11H2,1-3H3. The average molecular weight is 330 g/mol. The van der Waals surface area contributed by atoms with Gasteiger partial charge < -0.3 is 4.90 Å². The highest BCUT2D eigenvalue weighted by Crippen LogP contribution is 2.24. The molecule has 7 heteroatoms. The maximum atomic E-state index is 11.9. The minimum Gasteiger partial charge on any atom is -0.369 e.